The van der Waals surface area contributed by atoms with Crippen LogP contribution in [0.3, 0.4) is 0 Å². The number of amides is 1. The summed E-state index contributed by atoms with van der Waals surface area (Å²) in [6.45, 7) is 1.88. The smallest absolute Gasteiger partial charge is 0.330 e. The van der Waals surface area contributed by atoms with E-state index in [0.717, 1.165) is 9.35 Å². The second-order valence-electron chi connectivity index (χ2n) is 4.22. The molecule has 0 aliphatic heterocycles. The van der Waals surface area contributed by atoms with Crippen LogP contribution in [0.15, 0.2) is 40.2 Å². The van der Waals surface area contributed by atoms with Crippen LogP contribution in [0.4, 0.5) is 0 Å². The molecule has 0 radical (unpaired) electrons. The Balaban J connectivity index is 2.21. The molecule has 4 nitrogen and oxygen atoms in total. The SMILES string of the molecule is Cc1cc(C(=O)N[C@H](C(=O)O)c2ccccc2)sc1Br. The summed E-state index contributed by atoms with van der Waals surface area (Å²) in [7, 11) is 0. The van der Waals surface area contributed by atoms with Crippen molar-refractivity contribution in [3.05, 3.63) is 56.2 Å². The number of carboxylic acid groups (broad SMARTS) is 1. The predicted octanol–water partition coefficient (Wildman–Crippen LogP) is 3.37. The average molecular weight is 354 g/mol. The van der Waals surface area contributed by atoms with Gasteiger partial charge in [-0.25, -0.2) is 4.79 Å². The molecule has 1 aromatic heterocycles. The monoisotopic (exact) mass is 353 g/mol. The summed E-state index contributed by atoms with van der Waals surface area (Å²) in [5, 5.41) is 11.8. The Morgan fingerprint density at radius 1 is 1.30 bits per heavy atom. The Hall–Kier alpha value is -1.66. The second kappa shape index (κ2) is 6.19. The summed E-state index contributed by atoms with van der Waals surface area (Å²) in [6.07, 6.45) is 0. The first-order valence-corrected chi connectivity index (χ1v) is 7.44. The fourth-order valence-electron chi connectivity index (χ4n) is 1.71. The van der Waals surface area contributed by atoms with Gasteiger partial charge in [-0.05, 0) is 40.0 Å². The number of hydrogen-bond acceptors (Lipinski definition) is 3. The number of hydrogen-bond donors (Lipinski definition) is 2. The van der Waals surface area contributed by atoms with E-state index in [2.05, 4.69) is 21.2 Å². The first kappa shape index (κ1) is 14.7. The van der Waals surface area contributed by atoms with E-state index in [-0.39, 0.29) is 5.91 Å². The summed E-state index contributed by atoms with van der Waals surface area (Å²) < 4.78 is 0.870. The van der Waals surface area contributed by atoms with E-state index in [4.69, 9.17) is 0 Å². The van der Waals surface area contributed by atoms with E-state index >= 15 is 0 Å². The van der Waals surface area contributed by atoms with Gasteiger partial charge in [-0.15, -0.1) is 11.3 Å². The minimum Gasteiger partial charge on any atom is -0.479 e. The molecule has 0 spiro atoms. The van der Waals surface area contributed by atoms with Gasteiger partial charge in [-0.3, -0.25) is 4.79 Å². The minimum absolute atomic E-state index is 0.389. The summed E-state index contributed by atoms with van der Waals surface area (Å²) in [5.41, 5.74) is 1.49. The highest BCUT2D eigenvalue weighted by Gasteiger charge is 2.23. The number of benzene rings is 1. The van der Waals surface area contributed by atoms with Crippen molar-refractivity contribution in [2.24, 2.45) is 0 Å². The zero-order valence-electron chi connectivity index (χ0n) is 10.6. The van der Waals surface area contributed by atoms with Crippen molar-refractivity contribution in [2.75, 3.05) is 0 Å². The molecule has 104 valence electrons. The Kier molecular flexibility index (Phi) is 4.57. The van der Waals surface area contributed by atoms with Crippen molar-refractivity contribution in [1.29, 1.82) is 0 Å². The van der Waals surface area contributed by atoms with Gasteiger partial charge in [0.25, 0.3) is 5.91 Å². The molecule has 2 rings (SSSR count). The number of aliphatic carboxylic acids is 1. The van der Waals surface area contributed by atoms with Gasteiger partial charge in [0.05, 0.1) is 8.66 Å². The maximum Gasteiger partial charge on any atom is 0.330 e. The maximum atomic E-state index is 12.1. The van der Waals surface area contributed by atoms with Crippen LogP contribution in [0.1, 0.15) is 26.8 Å². The highest BCUT2D eigenvalue weighted by Crippen LogP contribution is 2.27. The summed E-state index contributed by atoms with van der Waals surface area (Å²) >= 11 is 4.63. The molecule has 1 heterocycles. The van der Waals surface area contributed by atoms with E-state index in [9.17, 15) is 14.7 Å². The first-order chi connectivity index (χ1) is 9.49. The maximum absolute atomic E-state index is 12.1. The first-order valence-electron chi connectivity index (χ1n) is 5.83. The third-order valence-corrected chi connectivity index (χ3v) is 4.87. The Morgan fingerprint density at radius 2 is 1.95 bits per heavy atom. The van der Waals surface area contributed by atoms with Gasteiger partial charge < -0.3 is 10.4 Å². The predicted molar refractivity (Wildman–Crippen MR) is 81.0 cm³/mol. The molecule has 0 unspecified atom stereocenters. The number of carboxylic acids is 1. The second-order valence-corrected chi connectivity index (χ2v) is 6.59. The van der Waals surface area contributed by atoms with Crippen LogP contribution >= 0.6 is 27.3 Å². The van der Waals surface area contributed by atoms with Crippen LogP contribution in [0.5, 0.6) is 0 Å². The summed E-state index contributed by atoms with van der Waals surface area (Å²) in [6, 6.07) is 9.30. The lowest BCUT2D eigenvalue weighted by Gasteiger charge is -2.14. The number of nitrogens with one attached hydrogen (secondary N) is 1. The van der Waals surface area contributed by atoms with E-state index in [1.54, 1.807) is 36.4 Å². The van der Waals surface area contributed by atoms with E-state index in [0.29, 0.717) is 10.4 Å². The van der Waals surface area contributed by atoms with Crippen molar-refractivity contribution in [3.63, 3.8) is 0 Å². The topological polar surface area (TPSA) is 66.4 Å². The number of rotatable bonds is 4. The van der Waals surface area contributed by atoms with Gasteiger partial charge in [0.15, 0.2) is 6.04 Å². The van der Waals surface area contributed by atoms with Crippen LogP contribution < -0.4 is 5.32 Å². The minimum atomic E-state index is -1.09. The normalized spacial score (nSPS) is 11.9. The lowest BCUT2D eigenvalue weighted by Crippen LogP contribution is -2.33. The molecule has 0 fully saturated rings. The number of halogens is 1. The van der Waals surface area contributed by atoms with Crippen LogP contribution in [0.2, 0.25) is 0 Å². The molecule has 1 atom stereocenters. The zero-order valence-corrected chi connectivity index (χ0v) is 13.0. The number of carbonyl (C=O) groups is 2. The quantitative estimate of drug-likeness (QED) is 0.885. The molecule has 0 bridgehead atoms. The van der Waals surface area contributed by atoms with Crippen molar-refractivity contribution in [3.8, 4) is 0 Å². The highest BCUT2D eigenvalue weighted by atomic mass is 79.9. The van der Waals surface area contributed by atoms with Gasteiger partial charge in [-0.2, -0.15) is 0 Å². The van der Waals surface area contributed by atoms with Crippen LogP contribution in [-0.4, -0.2) is 17.0 Å². The third-order valence-electron chi connectivity index (χ3n) is 2.74. The van der Waals surface area contributed by atoms with Crippen LogP contribution in [0, 0.1) is 6.92 Å². The zero-order chi connectivity index (χ0) is 14.7. The molecule has 0 aliphatic rings. The van der Waals surface area contributed by atoms with Gasteiger partial charge in [0.2, 0.25) is 0 Å². The van der Waals surface area contributed by atoms with Crippen molar-refractivity contribution in [2.45, 2.75) is 13.0 Å². The van der Waals surface area contributed by atoms with Gasteiger partial charge >= 0.3 is 5.97 Å². The Labute approximate surface area is 128 Å². The standard InChI is InChI=1S/C14H12BrNO3S/c1-8-7-10(20-12(8)15)13(17)16-11(14(18)19)9-5-3-2-4-6-9/h2-7,11H,1H3,(H,16,17)(H,18,19)/t11-/m0/s1. The molecular weight excluding hydrogens is 342 g/mol. The van der Waals surface area contributed by atoms with E-state index in [1.165, 1.54) is 11.3 Å². The number of aryl methyl sites for hydroxylation is 1. The van der Waals surface area contributed by atoms with Crippen LogP contribution in [-0.2, 0) is 4.79 Å². The molecule has 6 heteroatoms. The van der Waals surface area contributed by atoms with Gasteiger partial charge in [-0.1, -0.05) is 30.3 Å². The summed E-state index contributed by atoms with van der Waals surface area (Å²) in [5.74, 6) is -1.48. The highest BCUT2D eigenvalue weighted by molar-refractivity contribution is 9.11. The third kappa shape index (κ3) is 3.26. The fourth-order valence-corrected chi connectivity index (χ4v) is 3.15. The number of carbonyl (C=O) groups excluding carboxylic acids is 1. The van der Waals surface area contributed by atoms with Crippen molar-refractivity contribution >= 4 is 39.1 Å². The van der Waals surface area contributed by atoms with Gasteiger partial charge in [0.1, 0.15) is 0 Å². The van der Waals surface area contributed by atoms with Crippen molar-refractivity contribution < 1.29 is 14.7 Å². The van der Waals surface area contributed by atoms with Gasteiger partial charge in [0, 0.05) is 0 Å². The Bertz CT molecular complexity index is 620. The molecule has 1 aromatic carbocycles. The van der Waals surface area contributed by atoms with E-state index in [1.807, 2.05) is 6.92 Å². The number of thiophene rings is 1. The average Bonchev–Trinajstić information content (AvgIpc) is 2.76. The molecule has 0 saturated heterocycles. The molecular formula is C14H12BrNO3S. The van der Waals surface area contributed by atoms with E-state index < -0.39 is 12.0 Å². The molecule has 0 aliphatic carbocycles. The molecule has 2 N–H and O–H groups in total. The molecule has 2 aromatic rings. The molecule has 1 amide bonds. The molecule has 0 saturated carbocycles. The lowest BCUT2D eigenvalue weighted by atomic mass is 10.1. The van der Waals surface area contributed by atoms with Crippen LogP contribution in [0.25, 0.3) is 0 Å². The summed E-state index contributed by atoms with van der Waals surface area (Å²) in [4.78, 5) is 23.9. The van der Waals surface area contributed by atoms with Crippen molar-refractivity contribution in [1.82, 2.24) is 5.32 Å². The Morgan fingerprint density at radius 3 is 2.45 bits per heavy atom. The largest absolute Gasteiger partial charge is 0.479 e. The lowest BCUT2D eigenvalue weighted by molar-refractivity contribution is -0.139. The molecule has 20 heavy (non-hydrogen) atoms. The fraction of sp³-hybridized carbons (Fsp3) is 0.143.